The predicted octanol–water partition coefficient (Wildman–Crippen LogP) is 4.37. The molecule has 0 spiro atoms. The highest BCUT2D eigenvalue weighted by Crippen LogP contribution is 2.37. The Balaban J connectivity index is 1.90. The van der Waals surface area contributed by atoms with Crippen molar-refractivity contribution >= 4 is 27.5 Å². The number of alkyl halides is 1. The van der Waals surface area contributed by atoms with Crippen molar-refractivity contribution in [3.05, 3.63) is 53.6 Å². The summed E-state index contributed by atoms with van der Waals surface area (Å²) in [5.74, 6) is -0.0343. The number of fused-ring (bicyclic) bond motifs is 3. The van der Waals surface area contributed by atoms with Gasteiger partial charge in [0.15, 0.2) is 0 Å². The largest absolute Gasteiger partial charge is 0.325 e. The second kappa shape index (κ2) is 4.74. The quantitative estimate of drug-likeness (QED) is 0.695. The van der Waals surface area contributed by atoms with Crippen LogP contribution in [0.3, 0.4) is 0 Å². The van der Waals surface area contributed by atoms with Gasteiger partial charge in [0.05, 0.1) is 4.32 Å². The second-order valence-corrected chi connectivity index (χ2v) is 7.61. The fourth-order valence-electron chi connectivity index (χ4n) is 2.50. The first-order valence-corrected chi connectivity index (χ1v) is 7.46. The van der Waals surface area contributed by atoms with Gasteiger partial charge in [-0.05, 0) is 54.7 Å². The molecule has 0 heterocycles. The maximum absolute atomic E-state index is 12.0. The molecule has 0 aromatic heterocycles. The van der Waals surface area contributed by atoms with Gasteiger partial charge in [-0.1, -0.05) is 46.3 Å². The standard InChI is InChI=1S/C17H16BrNO/c1-17(2,18)16(20)19-13-7-8-15-12(10-13)9-11-5-3-4-6-14(11)15/h3-8,10H,9H2,1-2H3,(H,19,20). The van der Waals surface area contributed by atoms with Crippen LogP contribution in [0.2, 0.25) is 0 Å². The molecule has 0 fully saturated rings. The maximum Gasteiger partial charge on any atom is 0.240 e. The van der Waals surface area contributed by atoms with Crippen LogP contribution in [0.5, 0.6) is 0 Å². The van der Waals surface area contributed by atoms with Crippen LogP contribution >= 0.6 is 15.9 Å². The van der Waals surface area contributed by atoms with Crippen molar-refractivity contribution in [2.24, 2.45) is 0 Å². The summed E-state index contributed by atoms with van der Waals surface area (Å²) < 4.78 is -0.561. The summed E-state index contributed by atoms with van der Waals surface area (Å²) in [4.78, 5) is 12.0. The molecule has 3 heteroatoms. The fraction of sp³-hybridized carbons (Fsp3) is 0.235. The number of hydrogen-bond acceptors (Lipinski definition) is 1. The van der Waals surface area contributed by atoms with Crippen molar-refractivity contribution in [1.29, 1.82) is 0 Å². The number of benzene rings is 2. The molecule has 0 radical (unpaired) electrons. The minimum Gasteiger partial charge on any atom is -0.325 e. The molecule has 2 aromatic rings. The Morgan fingerprint density at radius 2 is 1.80 bits per heavy atom. The number of hydrogen-bond donors (Lipinski definition) is 1. The van der Waals surface area contributed by atoms with E-state index in [-0.39, 0.29) is 5.91 Å². The Morgan fingerprint density at radius 3 is 2.55 bits per heavy atom. The van der Waals surface area contributed by atoms with Gasteiger partial charge >= 0.3 is 0 Å². The molecule has 1 amide bonds. The van der Waals surface area contributed by atoms with E-state index in [0.717, 1.165) is 12.1 Å². The SMILES string of the molecule is CC(C)(Br)C(=O)Nc1ccc2c(c1)Cc1ccccc1-2. The lowest BCUT2D eigenvalue weighted by Gasteiger charge is -2.16. The minimum absolute atomic E-state index is 0.0343. The molecule has 0 unspecified atom stereocenters. The molecule has 20 heavy (non-hydrogen) atoms. The molecule has 102 valence electrons. The zero-order chi connectivity index (χ0) is 14.3. The highest BCUT2D eigenvalue weighted by atomic mass is 79.9. The lowest BCUT2D eigenvalue weighted by Crippen LogP contribution is -2.30. The summed E-state index contributed by atoms with van der Waals surface area (Å²) in [5, 5.41) is 2.95. The van der Waals surface area contributed by atoms with Gasteiger partial charge in [0, 0.05) is 5.69 Å². The van der Waals surface area contributed by atoms with E-state index in [4.69, 9.17) is 0 Å². The molecule has 3 rings (SSSR count). The molecular formula is C17H16BrNO. The smallest absolute Gasteiger partial charge is 0.240 e. The Labute approximate surface area is 127 Å². The van der Waals surface area contributed by atoms with Crippen LogP contribution in [0.15, 0.2) is 42.5 Å². The van der Waals surface area contributed by atoms with Crippen LogP contribution in [0.25, 0.3) is 11.1 Å². The molecule has 0 atom stereocenters. The van der Waals surface area contributed by atoms with E-state index in [1.807, 2.05) is 19.9 Å². The number of carbonyl (C=O) groups excluding carboxylic acids is 1. The zero-order valence-electron chi connectivity index (χ0n) is 11.5. The summed E-state index contributed by atoms with van der Waals surface area (Å²) in [6, 6.07) is 14.6. The molecule has 0 saturated heterocycles. The number of nitrogens with one attached hydrogen (secondary N) is 1. The van der Waals surface area contributed by atoms with E-state index in [1.54, 1.807) is 0 Å². The van der Waals surface area contributed by atoms with Crippen molar-refractivity contribution in [1.82, 2.24) is 0 Å². The zero-order valence-corrected chi connectivity index (χ0v) is 13.1. The summed E-state index contributed by atoms with van der Waals surface area (Å²) in [6.45, 7) is 3.68. The average molecular weight is 330 g/mol. The van der Waals surface area contributed by atoms with Crippen LogP contribution in [-0.2, 0) is 11.2 Å². The molecule has 2 nitrogen and oxygen atoms in total. The van der Waals surface area contributed by atoms with Gasteiger partial charge < -0.3 is 5.32 Å². The van der Waals surface area contributed by atoms with E-state index >= 15 is 0 Å². The number of amides is 1. The van der Waals surface area contributed by atoms with Crippen LogP contribution < -0.4 is 5.32 Å². The molecule has 1 aliphatic carbocycles. The molecule has 0 saturated carbocycles. The van der Waals surface area contributed by atoms with Gasteiger partial charge in [-0.25, -0.2) is 0 Å². The van der Waals surface area contributed by atoms with Crippen molar-refractivity contribution in [3.8, 4) is 11.1 Å². The summed E-state index contributed by atoms with van der Waals surface area (Å²) in [5.41, 5.74) is 6.06. The van der Waals surface area contributed by atoms with E-state index in [9.17, 15) is 4.79 Å². The monoisotopic (exact) mass is 329 g/mol. The third-order valence-corrected chi connectivity index (χ3v) is 3.95. The molecule has 2 aromatic carbocycles. The highest BCUT2D eigenvalue weighted by molar-refractivity contribution is 9.10. The van der Waals surface area contributed by atoms with E-state index in [1.165, 1.54) is 22.3 Å². The van der Waals surface area contributed by atoms with Crippen molar-refractivity contribution in [3.63, 3.8) is 0 Å². The number of anilines is 1. The third-order valence-electron chi connectivity index (χ3n) is 3.59. The lowest BCUT2D eigenvalue weighted by molar-refractivity contribution is -0.117. The predicted molar refractivity (Wildman–Crippen MR) is 86.3 cm³/mol. The van der Waals surface area contributed by atoms with Gasteiger partial charge in [0.25, 0.3) is 0 Å². The van der Waals surface area contributed by atoms with Crippen LogP contribution in [0, 0.1) is 0 Å². The Kier molecular flexibility index (Phi) is 3.17. The van der Waals surface area contributed by atoms with Gasteiger partial charge in [-0.2, -0.15) is 0 Å². The fourth-order valence-corrected chi connectivity index (χ4v) is 2.60. The van der Waals surface area contributed by atoms with Crippen LogP contribution in [-0.4, -0.2) is 10.2 Å². The Morgan fingerprint density at radius 1 is 1.10 bits per heavy atom. The van der Waals surface area contributed by atoms with Gasteiger partial charge in [-0.15, -0.1) is 0 Å². The molecule has 1 N–H and O–H groups in total. The number of halogens is 1. The molecule has 0 aliphatic heterocycles. The average Bonchev–Trinajstić information content (AvgIpc) is 2.75. The second-order valence-electron chi connectivity index (χ2n) is 5.63. The van der Waals surface area contributed by atoms with E-state index < -0.39 is 4.32 Å². The van der Waals surface area contributed by atoms with Gasteiger partial charge in [0.1, 0.15) is 0 Å². The maximum atomic E-state index is 12.0. The Bertz CT molecular complexity index is 686. The van der Waals surface area contributed by atoms with Crippen molar-refractivity contribution in [2.75, 3.05) is 5.32 Å². The minimum atomic E-state index is -0.561. The summed E-state index contributed by atoms with van der Waals surface area (Å²) in [7, 11) is 0. The first-order valence-electron chi connectivity index (χ1n) is 6.67. The van der Waals surface area contributed by atoms with Crippen LogP contribution in [0.4, 0.5) is 5.69 Å². The number of carbonyl (C=O) groups is 1. The van der Waals surface area contributed by atoms with Crippen molar-refractivity contribution < 1.29 is 4.79 Å². The van der Waals surface area contributed by atoms with Crippen molar-refractivity contribution in [2.45, 2.75) is 24.6 Å². The molecule has 0 bridgehead atoms. The highest BCUT2D eigenvalue weighted by Gasteiger charge is 2.24. The number of rotatable bonds is 2. The first kappa shape index (κ1) is 13.4. The van der Waals surface area contributed by atoms with Gasteiger partial charge in [0.2, 0.25) is 5.91 Å². The summed E-state index contributed by atoms with van der Waals surface area (Å²) in [6.07, 6.45) is 0.937. The molecular weight excluding hydrogens is 314 g/mol. The van der Waals surface area contributed by atoms with E-state index in [2.05, 4.69) is 57.6 Å². The summed E-state index contributed by atoms with van der Waals surface area (Å²) >= 11 is 3.38. The Hall–Kier alpha value is -1.61. The lowest BCUT2D eigenvalue weighted by atomic mass is 10.1. The topological polar surface area (TPSA) is 29.1 Å². The molecule has 1 aliphatic rings. The van der Waals surface area contributed by atoms with E-state index in [0.29, 0.717) is 0 Å². The third kappa shape index (κ3) is 2.38. The van der Waals surface area contributed by atoms with Gasteiger partial charge in [-0.3, -0.25) is 4.79 Å². The first-order chi connectivity index (χ1) is 9.45. The van der Waals surface area contributed by atoms with Crippen LogP contribution in [0.1, 0.15) is 25.0 Å². The normalized spacial score (nSPS) is 12.8.